The van der Waals surface area contributed by atoms with Crippen molar-refractivity contribution in [3.05, 3.63) is 0 Å². The monoisotopic (exact) mass is 165 g/mol. The number of hydrogen-bond acceptors (Lipinski definition) is 3. The number of carbonyl (C=O) groups is 1. The van der Waals surface area contributed by atoms with E-state index in [0.29, 0.717) is 10.8 Å². The van der Waals surface area contributed by atoms with Crippen LogP contribution in [0.1, 0.15) is 0 Å². The van der Waals surface area contributed by atoms with E-state index in [1.165, 1.54) is 0 Å². The highest BCUT2D eigenvalue weighted by molar-refractivity contribution is 7.87. The van der Waals surface area contributed by atoms with Crippen LogP contribution in [-0.4, -0.2) is 31.8 Å². The average Bonchev–Trinajstić information content (AvgIpc) is 2.11. The van der Waals surface area contributed by atoms with Crippen molar-refractivity contribution in [2.75, 3.05) is 13.1 Å². The van der Waals surface area contributed by atoms with E-state index in [9.17, 15) is 13.2 Å². The number of hydrogen-bond donors (Lipinski definition) is 2. The molecular weight excluding hydrogens is 158 g/mol. The van der Waals surface area contributed by atoms with E-state index < -0.39 is 16.2 Å². The quantitative estimate of drug-likeness (QED) is 0.481. The molecular formula is C3H7N3O3S. The largest absolute Gasteiger partial charge is 0.335 e. The molecule has 1 rings (SSSR count). The van der Waals surface area contributed by atoms with Crippen LogP contribution in [0.15, 0.2) is 0 Å². The first kappa shape index (κ1) is 7.29. The van der Waals surface area contributed by atoms with Gasteiger partial charge < -0.3 is 5.32 Å². The fraction of sp³-hybridized carbons (Fsp3) is 0.667. The van der Waals surface area contributed by atoms with Gasteiger partial charge in [0.1, 0.15) is 0 Å². The van der Waals surface area contributed by atoms with Crippen molar-refractivity contribution in [1.29, 1.82) is 0 Å². The zero-order valence-electron chi connectivity index (χ0n) is 5.07. The third kappa shape index (κ3) is 1.19. The van der Waals surface area contributed by atoms with Crippen LogP contribution in [-0.2, 0) is 10.2 Å². The number of nitrogens with zero attached hydrogens (tertiary/aromatic N) is 1. The molecule has 1 saturated heterocycles. The second-order valence-electron chi connectivity index (χ2n) is 1.85. The molecule has 58 valence electrons. The SMILES string of the molecule is NS(=O)(=O)N1CCNC1=O. The van der Waals surface area contributed by atoms with Gasteiger partial charge in [0.25, 0.3) is 0 Å². The normalized spacial score (nSPS) is 19.3. The van der Waals surface area contributed by atoms with Gasteiger partial charge in [0.05, 0.1) is 6.54 Å². The number of carbonyl (C=O) groups excluding carboxylic acids is 1. The molecule has 0 bridgehead atoms. The summed E-state index contributed by atoms with van der Waals surface area (Å²) < 4.78 is 21.6. The minimum absolute atomic E-state index is 0.123. The van der Waals surface area contributed by atoms with Crippen molar-refractivity contribution in [3.8, 4) is 0 Å². The molecule has 0 radical (unpaired) electrons. The van der Waals surface area contributed by atoms with E-state index in [0.717, 1.165) is 0 Å². The Balaban J connectivity index is 2.84. The maximum atomic E-state index is 10.6. The van der Waals surface area contributed by atoms with Crippen molar-refractivity contribution >= 4 is 16.2 Å². The zero-order chi connectivity index (χ0) is 7.78. The lowest BCUT2D eigenvalue weighted by Crippen LogP contribution is -2.38. The Bertz CT molecular complexity index is 246. The predicted octanol–water partition coefficient (Wildman–Crippen LogP) is -1.78. The minimum Gasteiger partial charge on any atom is -0.335 e. The molecule has 0 aromatic carbocycles. The molecule has 0 aromatic rings. The summed E-state index contributed by atoms with van der Waals surface area (Å²) in [5.74, 6) is 0. The smallest absolute Gasteiger partial charge is 0.332 e. The van der Waals surface area contributed by atoms with Crippen LogP contribution in [0.25, 0.3) is 0 Å². The van der Waals surface area contributed by atoms with Crippen molar-refractivity contribution < 1.29 is 13.2 Å². The topological polar surface area (TPSA) is 92.5 Å². The number of urea groups is 1. The van der Waals surface area contributed by atoms with Crippen LogP contribution in [0.4, 0.5) is 4.79 Å². The van der Waals surface area contributed by atoms with Gasteiger partial charge in [0.2, 0.25) is 0 Å². The lowest BCUT2D eigenvalue weighted by atomic mass is 10.7. The van der Waals surface area contributed by atoms with E-state index in [1.807, 2.05) is 0 Å². The summed E-state index contributed by atoms with van der Waals surface area (Å²) in [7, 11) is -3.83. The molecule has 7 heteroatoms. The zero-order valence-corrected chi connectivity index (χ0v) is 5.89. The van der Waals surface area contributed by atoms with Crippen LogP contribution in [0.2, 0.25) is 0 Å². The molecule has 0 spiro atoms. The lowest BCUT2D eigenvalue weighted by molar-refractivity contribution is 0.236. The lowest BCUT2D eigenvalue weighted by Gasteiger charge is -2.08. The Morgan fingerprint density at radius 2 is 2.20 bits per heavy atom. The molecule has 1 aliphatic heterocycles. The van der Waals surface area contributed by atoms with Gasteiger partial charge in [-0.2, -0.15) is 8.42 Å². The second-order valence-corrected chi connectivity index (χ2v) is 3.32. The second kappa shape index (κ2) is 2.10. The Kier molecular flexibility index (Phi) is 1.53. The van der Waals surface area contributed by atoms with Crippen LogP contribution >= 0.6 is 0 Å². The van der Waals surface area contributed by atoms with Gasteiger partial charge in [-0.1, -0.05) is 0 Å². The molecule has 1 fully saturated rings. The summed E-state index contributed by atoms with van der Waals surface area (Å²) >= 11 is 0. The summed E-state index contributed by atoms with van der Waals surface area (Å²) in [6.45, 7) is 0.451. The summed E-state index contributed by atoms with van der Waals surface area (Å²) in [6.07, 6.45) is 0. The Morgan fingerprint density at radius 3 is 2.40 bits per heavy atom. The molecule has 3 N–H and O–H groups in total. The van der Waals surface area contributed by atoms with Crippen LogP contribution in [0.3, 0.4) is 0 Å². The number of nitrogens with one attached hydrogen (secondary N) is 1. The molecule has 2 amide bonds. The van der Waals surface area contributed by atoms with Crippen molar-refractivity contribution in [1.82, 2.24) is 9.62 Å². The number of rotatable bonds is 1. The summed E-state index contributed by atoms with van der Waals surface area (Å²) in [6, 6.07) is -0.650. The number of amides is 2. The maximum Gasteiger partial charge on any atom is 0.332 e. The first-order chi connectivity index (χ1) is 4.52. The van der Waals surface area contributed by atoms with Crippen molar-refractivity contribution in [2.45, 2.75) is 0 Å². The van der Waals surface area contributed by atoms with Gasteiger partial charge in [-0.25, -0.2) is 14.2 Å². The third-order valence-electron chi connectivity index (χ3n) is 1.12. The van der Waals surface area contributed by atoms with Gasteiger partial charge >= 0.3 is 16.2 Å². The van der Waals surface area contributed by atoms with E-state index in [1.54, 1.807) is 0 Å². The van der Waals surface area contributed by atoms with Gasteiger partial charge in [0, 0.05) is 6.54 Å². The van der Waals surface area contributed by atoms with Crippen LogP contribution in [0, 0.1) is 0 Å². The standard InChI is InChI=1S/C3H7N3O3S/c4-10(8,9)6-2-1-5-3(6)7/h1-2H2,(H,5,7)(H2,4,8,9). The number of nitrogens with two attached hydrogens (primary N) is 1. The first-order valence-corrected chi connectivity index (χ1v) is 4.10. The third-order valence-corrected chi connectivity index (χ3v) is 2.09. The van der Waals surface area contributed by atoms with Gasteiger partial charge in [-0.15, -0.1) is 0 Å². The van der Waals surface area contributed by atoms with Crippen LogP contribution in [0.5, 0.6) is 0 Å². The molecule has 1 heterocycles. The molecule has 0 saturated carbocycles. The maximum absolute atomic E-state index is 10.6. The highest BCUT2D eigenvalue weighted by atomic mass is 32.2. The van der Waals surface area contributed by atoms with Gasteiger partial charge in [0.15, 0.2) is 0 Å². The first-order valence-electron chi connectivity index (χ1n) is 2.60. The van der Waals surface area contributed by atoms with E-state index in [4.69, 9.17) is 0 Å². The van der Waals surface area contributed by atoms with E-state index >= 15 is 0 Å². The highest BCUT2D eigenvalue weighted by Gasteiger charge is 2.27. The predicted molar refractivity (Wildman–Crippen MR) is 33.2 cm³/mol. The molecule has 1 aliphatic rings. The molecule has 0 atom stereocenters. The fourth-order valence-corrected chi connectivity index (χ4v) is 1.34. The molecule has 0 aliphatic carbocycles. The molecule has 0 unspecified atom stereocenters. The van der Waals surface area contributed by atoms with Crippen molar-refractivity contribution in [2.24, 2.45) is 5.14 Å². The summed E-state index contributed by atoms with van der Waals surface area (Å²) in [5, 5.41) is 6.97. The van der Waals surface area contributed by atoms with Crippen molar-refractivity contribution in [3.63, 3.8) is 0 Å². The molecule has 10 heavy (non-hydrogen) atoms. The van der Waals surface area contributed by atoms with Crippen LogP contribution < -0.4 is 10.5 Å². The Labute approximate surface area is 58.2 Å². The van der Waals surface area contributed by atoms with E-state index in [-0.39, 0.29) is 6.54 Å². The van der Waals surface area contributed by atoms with E-state index in [2.05, 4.69) is 10.5 Å². The Hall–Kier alpha value is -0.820. The van der Waals surface area contributed by atoms with Gasteiger partial charge in [-0.3, -0.25) is 0 Å². The molecule has 6 nitrogen and oxygen atoms in total. The Morgan fingerprint density at radius 1 is 1.60 bits per heavy atom. The fourth-order valence-electron chi connectivity index (χ4n) is 0.697. The average molecular weight is 165 g/mol. The minimum atomic E-state index is -3.83. The summed E-state index contributed by atoms with van der Waals surface area (Å²) in [4.78, 5) is 10.6. The highest BCUT2D eigenvalue weighted by Crippen LogP contribution is 1.99. The molecule has 0 aromatic heterocycles. The summed E-state index contributed by atoms with van der Waals surface area (Å²) in [5.41, 5.74) is 0. The van der Waals surface area contributed by atoms with Gasteiger partial charge in [-0.05, 0) is 0 Å².